The highest BCUT2D eigenvalue weighted by molar-refractivity contribution is 4.89. The summed E-state index contributed by atoms with van der Waals surface area (Å²) < 4.78 is 5.42. The molecule has 0 aromatic carbocycles. The third kappa shape index (κ3) is 5.05. The zero-order valence-corrected chi connectivity index (χ0v) is 13.2. The lowest BCUT2D eigenvalue weighted by molar-refractivity contribution is 0.0546. The molecule has 1 saturated carbocycles. The molecule has 2 aliphatic heterocycles. The molecule has 0 bridgehead atoms. The Kier molecular flexibility index (Phi) is 8.67. The quantitative estimate of drug-likeness (QED) is 0.838. The zero-order valence-electron chi connectivity index (χ0n) is 13.2. The second-order valence-electron chi connectivity index (χ2n) is 5.73. The lowest BCUT2D eigenvalue weighted by atomic mass is 10.00. The normalized spacial score (nSPS) is 30.9. The van der Waals surface area contributed by atoms with Crippen LogP contribution < -0.4 is 5.73 Å². The maximum absolute atomic E-state index is 5.42. The molecule has 2 heterocycles. The topological polar surface area (TPSA) is 38.5 Å². The van der Waals surface area contributed by atoms with Gasteiger partial charge in [0.2, 0.25) is 0 Å². The van der Waals surface area contributed by atoms with Crippen molar-refractivity contribution in [1.82, 2.24) is 4.90 Å². The van der Waals surface area contributed by atoms with E-state index in [1.165, 1.54) is 58.8 Å². The van der Waals surface area contributed by atoms with Crippen LogP contribution in [-0.2, 0) is 4.74 Å². The monoisotopic (exact) mass is 270 g/mol. The van der Waals surface area contributed by atoms with Crippen molar-refractivity contribution in [2.45, 2.75) is 46.0 Å². The molecule has 0 amide bonds. The van der Waals surface area contributed by atoms with Crippen LogP contribution >= 0.6 is 0 Å². The second kappa shape index (κ2) is 9.73. The number of fused-ring (bicyclic) bond motifs is 1. The van der Waals surface area contributed by atoms with Gasteiger partial charge in [-0.2, -0.15) is 0 Å². The minimum atomic E-state index is 0.928. The molecule has 3 heteroatoms. The smallest absolute Gasteiger partial charge is 0.0469 e. The lowest BCUT2D eigenvalue weighted by Crippen LogP contribution is -2.31. The van der Waals surface area contributed by atoms with Crippen molar-refractivity contribution in [2.75, 3.05) is 39.9 Å². The molecule has 2 N–H and O–H groups in total. The van der Waals surface area contributed by atoms with Gasteiger partial charge in [-0.15, -0.1) is 0 Å². The molecule has 2 unspecified atom stereocenters. The van der Waals surface area contributed by atoms with Crippen molar-refractivity contribution in [1.29, 1.82) is 0 Å². The van der Waals surface area contributed by atoms with Gasteiger partial charge in [0.15, 0.2) is 0 Å². The van der Waals surface area contributed by atoms with Gasteiger partial charge >= 0.3 is 0 Å². The summed E-state index contributed by atoms with van der Waals surface area (Å²) in [5, 5.41) is 0. The molecule has 19 heavy (non-hydrogen) atoms. The molecular formula is C16H34N2O. The number of rotatable bonds is 2. The molecule has 0 aromatic rings. The van der Waals surface area contributed by atoms with Crippen LogP contribution in [0.2, 0.25) is 0 Å². The Balaban J connectivity index is 0.000000415. The SMILES string of the molecule is C1CC2CN(CC3CCOCC3)CC2C1.CC.CN. The molecule has 0 spiro atoms. The minimum absolute atomic E-state index is 0.928. The van der Waals surface area contributed by atoms with Gasteiger partial charge < -0.3 is 15.4 Å². The Morgan fingerprint density at radius 1 is 0.947 bits per heavy atom. The third-order valence-electron chi connectivity index (χ3n) is 4.66. The molecule has 3 fully saturated rings. The fraction of sp³-hybridized carbons (Fsp3) is 1.00. The van der Waals surface area contributed by atoms with Crippen LogP contribution in [0, 0.1) is 17.8 Å². The van der Waals surface area contributed by atoms with E-state index < -0.39 is 0 Å². The van der Waals surface area contributed by atoms with E-state index in [0.717, 1.165) is 31.0 Å². The van der Waals surface area contributed by atoms with Crippen LogP contribution in [0.15, 0.2) is 0 Å². The van der Waals surface area contributed by atoms with Crippen LogP contribution in [0.5, 0.6) is 0 Å². The number of likely N-dealkylation sites (tertiary alicyclic amines) is 1. The predicted molar refractivity (Wildman–Crippen MR) is 82.3 cm³/mol. The van der Waals surface area contributed by atoms with E-state index in [0.29, 0.717) is 0 Å². The molecule has 0 radical (unpaired) electrons. The van der Waals surface area contributed by atoms with Crippen LogP contribution in [0.3, 0.4) is 0 Å². The van der Waals surface area contributed by atoms with Gasteiger partial charge in [-0.3, -0.25) is 0 Å². The first kappa shape index (κ1) is 16.9. The molecule has 1 aliphatic carbocycles. The first-order chi connectivity index (χ1) is 9.42. The molecule has 3 rings (SSSR count). The molecule has 2 atom stereocenters. The van der Waals surface area contributed by atoms with E-state index in [4.69, 9.17) is 4.74 Å². The summed E-state index contributed by atoms with van der Waals surface area (Å²) in [6.07, 6.45) is 7.11. The number of ether oxygens (including phenoxy) is 1. The van der Waals surface area contributed by atoms with Crippen molar-refractivity contribution in [3.05, 3.63) is 0 Å². The average Bonchev–Trinajstić information content (AvgIpc) is 3.05. The minimum Gasteiger partial charge on any atom is -0.381 e. The largest absolute Gasteiger partial charge is 0.381 e. The molecule has 3 aliphatic rings. The highest BCUT2D eigenvalue weighted by atomic mass is 16.5. The average molecular weight is 270 g/mol. The fourth-order valence-corrected chi connectivity index (χ4v) is 3.78. The number of hydrogen-bond donors (Lipinski definition) is 1. The Morgan fingerprint density at radius 2 is 1.47 bits per heavy atom. The summed E-state index contributed by atoms with van der Waals surface area (Å²) in [6, 6.07) is 0. The predicted octanol–water partition coefficient (Wildman–Crippen LogP) is 2.75. The number of nitrogens with zero attached hydrogens (tertiary/aromatic N) is 1. The van der Waals surface area contributed by atoms with E-state index in [1.807, 2.05) is 13.8 Å². The van der Waals surface area contributed by atoms with Crippen LogP contribution in [0.1, 0.15) is 46.0 Å². The first-order valence-corrected chi connectivity index (χ1v) is 8.29. The summed E-state index contributed by atoms with van der Waals surface area (Å²) >= 11 is 0. The van der Waals surface area contributed by atoms with Gasteiger partial charge in [-0.1, -0.05) is 20.3 Å². The third-order valence-corrected chi connectivity index (χ3v) is 4.66. The second-order valence-corrected chi connectivity index (χ2v) is 5.73. The van der Waals surface area contributed by atoms with E-state index in [1.54, 1.807) is 0 Å². The Hall–Kier alpha value is -0.120. The highest BCUT2D eigenvalue weighted by Gasteiger charge is 2.36. The standard InChI is InChI=1S/C13H23NO.C2H6.CH5N/c1-2-12-9-14(10-13(12)3-1)8-11-4-6-15-7-5-11;2*1-2/h11-13H,1-10H2;1-2H3;2H2,1H3. The van der Waals surface area contributed by atoms with E-state index >= 15 is 0 Å². The van der Waals surface area contributed by atoms with Crippen LogP contribution in [0.4, 0.5) is 0 Å². The molecule has 3 nitrogen and oxygen atoms in total. The van der Waals surface area contributed by atoms with Gasteiger partial charge in [0.25, 0.3) is 0 Å². The summed E-state index contributed by atoms with van der Waals surface area (Å²) in [5.41, 5.74) is 4.50. The molecular weight excluding hydrogens is 236 g/mol. The molecule has 0 aromatic heterocycles. The summed E-state index contributed by atoms with van der Waals surface area (Å²) in [4.78, 5) is 2.74. The summed E-state index contributed by atoms with van der Waals surface area (Å²) in [5.74, 6) is 3.05. The molecule has 114 valence electrons. The van der Waals surface area contributed by atoms with Crippen molar-refractivity contribution in [3.8, 4) is 0 Å². The lowest BCUT2D eigenvalue weighted by Gasteiger charge is -2.27. The van der Waals surface area contributed by atoms with Gasteiger partial charge in [0.1, 0.15) is 0 Å². The van der Waals surface area contributed by atoms with Crippen molar-refractivity contribution >= 4 is 0 Å². The zero-order chi connectivity index (χ0) is 14.1. The van der Waals surface area contributed by atoms with Gasteiger partial charge in [-0.25, -0.2) is 0 Å². The maximum atomic E-state index is 5.42. The number of nitrogens with two attached hydrogens (primary N) is 1. The Labute approximate surface area is 119 Å². The Bertz CT molecular complexity index is 205. The van der Waals surface area contributed by atoms with Crippen LogP contribution in [0.25, 0.3) is 0 Å². The van der Waals surface area contributed by atoms with Crippen molar-refractivity contribution < 1.29 is 4.74 Å². The Morgan fingerprint density at radius 3 is 2.00 bits per heavy atom. The fourth-order valence-electron chi connectivity index (χ4n) is 3.78. The summed E-state index contributed by atoms with van der Waals surface area (Å²) in [7, 11) is 1.50. The number of hydrogen-bond acceptors (Lipinski definition) is 3. The summed E-state index contributed by atoms with van der Waals surface area (Å²) in [6.45, 7) is 10.2. The molecule has 2 saturated heterocycles. The van der Waals surface area contributed by atoms with E-state index in [-0.39, 0.29) is 0 Å². The van der Waals surface area contributed by atoms with Crippen LogP contribution in [-0.4, -0.2) is 44.8 Å². The first-order valence-electron chi connectivity index (χ1n) is 8.29. The maximum Gasteiger partial charge on any atom is 0.0469 e. The van der Waals surface area contributed by atoms with E-state index in [2.05, 4.69) is 10.6 Å². The van der Waals surface area contributed by atoms with Gasteiger partial charge in [-0.05, 0) is 50.5 Å². The van der Waals surface area contributed by atoms with E-state index in [9.17, 15) is 0 Å². The van der Waals surface area contributed by atoms with Gasteiger partial charge in [0, 0.05) is 32.8 Å². The van der Waals surface area contributed by atoms with Crippen molar-refractivity contribution in [3.63, 3.8) is 0 Å². The highest BCUT2D eigenvalue weighted by Crippen LogP contribution is 2.38. The van der Waals surface area contributed by atoms with Gasteiger partial charge in [0.05, 0.1) is 0 Å². The van der Waals surface area contributed by atoms with Crippen molar-refractivity contribution in [2.24, 2.45) is 23.5 Å².